The van der Waals surface area contributed by atoms with Crippen LogP contribution in [0, 0.1) is 25.7 Å². The molecule has 1 aromatic heterocycles. The molecule has 4 rings (SSSR count). The van der Waals surface area contributed by atoms with Gasteiger partial charge in [0.05, 0.1) is 10.2 Å². The van der Waals surface area contributed by atoms with Crippen LogP contribution in [0.4, 0.5) is 5.13 Å². The molecule has 2 amide bonds. The molecule has 6 heteroatoms. The van der Waals surface area contributed by atoms with Crippen molar-refractivity contribution in [2.24, 2.45) is 11.8 Å². The molecule has 2 heterocycles. The number of piperidine rings is 1. The van der Waals surface area contributed by atoms with E-state index in [4.69, 9.17) is 0 Å². The number of nitrogens with zero attached hydrogens (tertiary/aromatic N) is 2. The maximum absolute atomic E-state index is 12.6. The summed E-state index contributed by atoms with van der Waals surface area (Å²) in [6.45, 7) is 5.52. The summed E-state index contributed by atoms with van der Waals surface area (Å²) in [6, 6.07) is 4.22. The fraction of sp³-hybridized carbons (Fsp3) is 0.526. The highest BCUT2D eigenvalue weighted by molar-refractivity contribution is 7.22. The number of aryl methyl sites for hydroxylation is 2. The lowest BCUT2D eigenvalue weighted by atomic mass is 9.95. The number of thiazole rings is 1. The van der Waals surface area contributed by atoms with Crippen molar-refractivity contribution in [1.82, 2.24) is 9.88 Å². The number of likely N-dealkylation sites (tertiary alicyclic amines) is 1. The number of aromatic nitrogens is 1. The normalized spacial score (nSPS) is 18.6. The van der Waals surface area contributed by atoms with Gasteiger partial charge in [0.15, 0.2) is 5.13 Å². The van der Waals surface area contributed by atoms with Gasteiger partial charge in [0.25, 0.3) is 0 Å². The van der Waals surface area contributed by atoms with Gasteiger partial charge in [-0.15, -0.1) is 0 Å². The molecule has 2 aliphatic rings. The largest absolute Gasteiger partial charge is 0.342 e. The number of anilines is 1. The van der Waals surface area contributed by atoms with E-state index in [0.29, 0.717) is 18.2 Å². The molecule has 132 valence electrons. The van der Waals surface area contributed by atoms with Gasteiger partial charge in [-0.1, -0.05) is 17.4 Å². The van der Waals surface area contributed by atoms with Crippen LogP contribution in [0.2, 0.25) is 0 Å². The molecule has 2 aromatic rings. The molecule has 1 saturated carbocycles. The summed E-state index contributed by atoms with van der Waals surface area (Å²) in [6.07, 6.45) is 3.56. The predicted octanol–water partition coefficient (Wildman–Crippen LogP) is 3.50. The fourth-order valence-corrected chi connectivity index (χ4v) is 4.63. The van der Waals surface area contributed by atoms with E-state index in [1.54, 1.807) is 0 Å². The topological polar surface area (TPSA) is 62.3 Å². The number of benzene rings is 1. The van der Waals surface area contributed by atoms with E-state index in [0.717, 1.165) is 41.5 Å². The Balaban J connectivity index is 1.39. The van der Waals surface area contributed by atoms with Crippen molar-refractivity contribution in [2.75, 3.05) is 18.4 Å². The molecule has 1 aromatic carbocycles. The van der Waals surface area contributed by atoms with Crippen LogP contribution in [0.3, 0.4) is 0 Å². The van der Waals surface area contributed by atoms with E-state index in [1.165, 1.54) is 16.9 Å². The Labute approximate surface area is 151 Å². The van der Waals surface area contributed by atoms with Crippen LogP contribution in [0.5, 0.6) is 0 Å². The number of hydrogen-bond acceptors (Lipinski definition) is 4. The van der Waals surface area contributed by atoms with Crippen molar-refractivity contribution in [3.63, 3.8) is 0 Å². The van der Waals surface area contributed by atoms with Crippen LogP contribution in [-0.4, -0.2) is 34.8 Å². The molecule has 25 heavy (non-hydrogen) atoms. The molecule has 0 atom stereocenters. The lowest BCUT2D eigenvalue weighted by Gasteiger charge is -2.31. The summed E-state index contributed by atoms with van der Waals surface area (Å²) in [5.74, 6) is 0.556. The number of amides is 2. The smallest absolute Gasteiger partial charge is 0.229 e. The molecule has 1 aliphatic carbocycles. The second-order valence-corrected chi connectivity index (χ2v) is 8.34. The number of nitrogens with one attached hydrogen (secondary N) is 1. The van der Waals surface area contributed by atoms with Gasteiger partial charge in [0.2, 0.25) is 11.8 Å². The molecule has 2 fully saturated rings. The van der Waals surface area contributed by atoms with Gasteiger partial charge in [-0.25, -0.2) is 4.98 Å². The third-order valence-electron chi connectivity index (χ3n) is 5.16. The lowest BCUT2D eigenvalue weighted by Crippen LogP contribution is -2.42. The summed E-state index contributed by atoms with van der Waals surface area (Å²) >= 11 is 1.53. The summed E-state index contributed by atoms with van der Waals surface area (Å²) in [5, 5.41) is 3.66. The predicted molar refractivity (Wildman–Crippen MR) is 99.8 cm³/mol. The quantitative estimate of drug-likeness (QED) is 0.914. The first-order chi connectivity index (χ1) is 12.0. The maximum Gasteiger partial charge on any atom is 0.229 e. The Kier molecular flexibility index (Phi) is 4.23. The van der Waals surface area contributed by atoms with E-state index < -0.39 is 0 Å². The average Bonchev–Trinajstić information content (AvgIpc) is 3.35. The minimum Gasteiger partial charge on any atom is -0.342 e. The third kappa shape index (κ3) is 3.40. The monoisotopic (exact) mass is 357 g/mol. The molecule has 1 saturated heterocycles. The standard InChI is InChI=1S/C19H23N3O2S/c1-11-9-12(2)16-15(10-11)25-19(20-16)21-17(23)13-5-7-22(8-6-13)18(24)14-3-4-14/h9-10,13-14H,3-8H2,1-2H3,(H,20,21,23). The van der Waals surface area contributed by atoms with Crippen LogP contribution < -0.4 is 5.32 Å². The Morgan fingerprint density at radius 3 is 2.52 bits per heavy atom. The highest BCUT2D eigenvalue weighted by Gasteiger charge is 2.36. The molecular weight excluding hydrogens is 334 g/mol. The average molecular weight is 357 g/mol. The van der Waals surface area contributed by atoms with Crippen LogP contribution in [0.25, 0.3) is 10.2 Å². The highest BCUT2D eigenvalue weighted by atomic mass is 32.1. The van der Waals surface area contributed by atoms with Gasteiger partial charge in [0, 0.05) is 24.9 Å². The van der Waals surface area contributed by atoms with Crippen molar-refractivity contribution in [3.8, 4) is 0 Å². The van der Waals surface area contributed by atoms with Gasteiger partial charge in [-0.3, -0.25) is 9.59 Å². The van der Waals surface area contributed by atoms with Crippen molar-refractivity contribution in [3.05, 3.63) is 23.3 Å². The number of carbonyl (C=O) groups excluding carboxylic acids is 2. The van der Waals surface area contributed by atoms with Gasteiger partial charge in [-0.2, -0.15) is 0 Å². The lowest BCUT2D eigenvalue weighted by molar-refractivity contribution is -0.135. The Morgan fingerprint density at radius 1 is 1.12 bits per heavy atom. The van der Waals surface area contributed by atoms with Crippen LogP contribution in [0.15, 0.2) is 12.1 Å². The van der Waals surface area contributed by atoms with E-state index in [2.05, 4.69) is 29.4 Å². The molecular formula is C19H23N3O2S. The van der Waals surface area contributed by atoms with Crippen molar-refractivity contribution >= 4 is 38.5 Å². The highest BCUT2D eigenvalue weighted by Crippen LogP contribution is 2.33. The van der Waals surface area contributed by atoms with Crippen LogP contribution in [0.1, 0.15) is 36.8 Å². The summed E-state index contributed by atoms with van der Waals surface area (Å²) < 4.78 is 1.11. The SMILES string of the molecule is Cc1cc(C)c2nc(NC(=O)C3CCN(C(=O)C4CC4)CC3)sc2c1. The minimum absolute atomic E-state index is 0.0295. The zero-order valence-electron chi connectivity index (χ0n) is 14.7. The van der Waals surface area contributed by atoms with Crippen LogP contribution in [-0.2, 0) is 9.59 Å². The van der Waals surface area contributed by atoms with Crippen molar-refractivity contribution in [2.45, 2.75) is 39.5 Å². The van der Waals surface area contributed by atoms with E-state index in [9.17, 15) is 9.59 Å². The second kappa shape index (κ2) is 6.41. The summed E-state index contributed by atoms with van der Waals surface area (Å²) in [5.41, 5.74) is 3.31. The maximum atomic E-state index is 12.6. The first-order valence-corrected chi connectivity index (χ1v) is 9.80. The van der Waals surface area contributed by atoms with Gasteiger partial charge >= 0.3 is 0 Å². The summed E-state index contributed by atoms with van der Waals surface area (Å²) in [4.78, 5) is 31.2. The first kappa shape index (κ1) is 16.5. The number of fused-ring (bicyclic) bond motifs is 1. The van der Waals surface area contributed by atoms with Crippen molar-refractivity contribution < 1.29 is 9.59 Å². The number of carbonyl (C=O) groups is 2. The molecule has 0 unspecified atom stereocenters. The Morgan fingerprint density at radius 2 is 1.84 bits per heavy atom. The molecule has 1 aliphatic heterocycles. The minimum atomic E-state index is -0.0295. The third-order valence-corrected chi connectivity index (χ3v) is 6.08. The van der Waals surface area contributed by atoms with E-state index in [1.807, 2.05) is 11.8 Å². The van der Waals surface area contributed by atoms with Crippen molar-refractivity contribution in [1.29, 1.82) is 0 Å². The summed E-state index contributed by atoms with van der Waals surface area (Å²) in [7, 11) is 0. The van der Waals surface area contributed by atoms with E-state index >= 15 is 0 Å². The van der Waals surface area contributed by atoms with E-state index in [-0.39, 0.29) is 23.7 Å². The second-order valence-electron chi connectivity index (χ2n) is 7.31. The number of rotatable bonds is 3. The molecule has 0 radical (unpaired) electrons. The Bertz CT molecular complexity index is 833. The zero-order valence-corrected chi connectivity index (χ0v) is 15.5. The molecule has 1 N–H and O–H groups in total. The molecule has 0 spiro atoms. The number of hydrogen-bond donors (Lipinski definition) is 1. The first-order valence-electron chi connectivity index (χ1n) is 8.98. The molecule has 5 nitrogen and oxygen atoms in total. The van der Waals surface area contributed by atoms with Gasteiger partial charge in [0.1, 0.15) is 0 Å². The zero-order chi connectivity index (χ0) is 17.6. The molecule has 0 bridgehead atoms. The Hall–Kier alpha value is -1.95. The van der Waals surface area contributed by atoms with Gasteiger partial charge in [-0.05, 0) is 56.7 Å². The van der Waals surface area contributed by atoms with Gasteiger partial charge < -0.3 is 10.2 Å². The fourth-order valence-electron chi connectivity index (χ4n) is 3.58. The van der Waals surface area contributed by atoms with Crippen LogP contribution >= 0.6 is 11.3 Å².